The predicted octanol–water partition coefficient (Wildman–Crippen LogP) is 1.42. The second-order valence-electron chi connectivity index (χ2n) is 5.21. The standard InChI is InChI=1S/C16H24N2O5/c1-20-13-7-11(8-14(21-2)16(13)22-3)17-10-15(19)18-9-12-5-4-6-23-12/h7-8,12,17H,4-6,9-10H2,1-3H3,(H,18,19). The summed E-state index contributed by atoms with van der Waals surface area (Å²) < 4.78 is 21.3. The van der Waals surface area contributed by atoms with E-state index < -0.39 is 0 Å². The molecule has 1 aliphatic heterocycles. The summed E-state index contributed by atoms with van der Waals surface area (Å²) >= 11 is 0. The van der Waals surface area contributed by atoms with Crippen LogP contribution in [0.4, 0.5) is 5.69 Å². The van der Waals surface area contributed by atoms with E-state index in [-0.39, 0.29) is 18.6 Å². The van der Waals surface area contributed by atoms with Gasteiger partial charge in [0.1, 0.15) is 0 Å². The molecule has 0 radical (unpaired) electrons. The van der Waals surface area contributed by atoms with Gasteiger partial charge in [-0.1, -0.05) is 0 Å². The van der Waals surface area contributed by atoms with Crippen LogP contribution >= 0.6 is 0 Å². The summed E-state index contributed by atoms with van der Waals surface area (Å²) in [5, 5.41) is 5.91. The van der Waals surface area contributed by atoms with E-state index in [4.69, 9.17) is 18.9 Å². The maximum absolute atomic E-state index is 11.9. The lowest BCUT2D eigenvalue weighted by molar-refractivity contribution is -0.119. The van der Waals surface area contributed by atoms with Crippen LogP contribution in [-0.4, -0.2) is 53.0 Å². The molecule has 1 unspecified atom stereocenters. The van der Waals surface area contributed by atoms with Gasteiger partial charge in [-0.2, -0.15) is 0 Å². The number of hydrogen-bond acceptors (Lipinski definition) is 6. The van der Waals surface area contributed by atoms with Crippen LogP contribution in [0.5, 0.6) is 17.2 Å². The van der Waals surface area contributed by atoms with E-state index in [9.17, 15) is 4.79 Å². The monoisotopic (exact) mass is 324 g/mol. The Kier molecular flexibility index (Phi) is 6.34. The van der Waals surface area contributed by atoms with Crippen molar-refractivity contribution in [1.29, 1.82) is 0 Å². The molecule has 0 aromatic heterocycles. The van der Waals surface area contributed by atoms with Gasteiger partial charge in [-0.15, -0.1) is 0 Å². The minimum Gasteiger partial charge on any atom is -0.493 e. The number of carbonyl (C=O) groups is 1. The van der Waals surface area contributed by atoms with Crippen LogP contribution in [0.2, 0.25) is 0 Å². The molecule has 1 aliphatic rings. The molecule has 7 nitrogen and oxygen atoms in total. The minimum atomic E-state index is -0.0887. The molecular formula is C16H24N2O5. The third kappa shape index (κ3) is 4.66. The van der Waals surface area contributed by atoms with Crippen LogP contribution in [0.3, 0.4) is 0 Å². The zero-order chi connectivity index (χ0) is 16.7. The Balaban J connectivity index is 1.90. The summed E-state index contributed by atoms with van der Waals surface area (Å²) in [6.07, 6.45) is 2.20. The largest absolute Gasteiger partial charge is 0.493 e. The highest BCUT2D eigenvalue weighted by atomic mass is 16.5. The molecule has 1 fully saturated rings. The van der Waals surface area contributed by atoms with Crippen LogP contribution in [-0.2, 0) is 9.53 Å². The summed E-state index contributed by atoms with van der Waals surface area (Å²) in [5.41, 5.74) is 0.715. The summed E-state index contributed by atoms with van der Waals surface area (Å²) in [6.45, 7) is 1.49. The molecule has 0 aliphatic carbocycles. The van der Waals surface area contributed by atoms with Gasteiger partial charge in [-0.25, -0.2) is 0 Å². The van der Waals surface area contributed by atoms with Crippen molar-refractivity contribution >= 4 is 11.6 Å². The maximum Gasteiger partial charge on any atom is 0.239 e. The van der Waals surface area contributed by atoms with Gasteiger partial charge in [-0.3, -0.25) is 4.79 Å². The molecule has 1 amide bonds. The first kappa shape index (κ1) is 17.2. The predicted molar refractivity (Wildman–Crippen MR) is 86.6 cm³/mol. The average Bonchev–Trinajstić information content (AvgIpc) is 3.10. The normalized spacial score (nSPS) is 16.7. The molecule has 23 heavy (non-hydrogen) atoms. The van der Waals surface area contributed by atoms with Crippen LogP contribution in [0.15, 0.2) is 12.1 Å². The molecular weight excluding hydrogens is 300 g/mol. The molecule has 128 valence electrons. The molecule has 0 spiro atoms. The number of amides is 1. The molecule has 1 saturated heterocycles. The number of anilines is 1. The molecule has 1 heterocycles. The van der Waals surface area contributed by atoms with E-state index in [1.807, 2.05) is 0 Å². The topological polar surface area (TPSA) is 78.1 Å². The van der Waals surface area contributed by atoms with Crippen LogP contribution < -0.4 is 24.8 Å². The smallest absolute Gasteiger partial charge is 0.239 e. The van der Waals surface area contributed by atoms with Gasteiger partial charge in [0.15, 0.2) is 11.5 Å². The fourth-order valence-corrected chi connectivity index (χ4v) is 2.46. The SMILES string of the molecule is COc1cc(NCC(=O)NCC2CCCO2)cc(OC)c1OC. The molecule has 0 bridgehead atoms. The third-order valence-electron chi connectivity index (χ3n) is 3.67. The van der Waals surface area contributed by atoms with Crippen molar-refractivity contribution in [3.05, 3.63) is 12.1 Å². The third-order valence-corrected chi connectivity index (χ3v) is 3.67. The van der Waals surface area contributed by atoms with Crippen LogP contribution in [0.25, 0.3) is 0 Å². The van der Waals surface area contributed by atoms with Gasteiger partial charge in [0.05, 0.1) is 34.0 Å². The van der Waals surface area contributed by atoms with Gasteiger partial charge in [-0.05, 0) is 12.8 Å². The lowest BCUT2D eigenvalue weighted by Gasteiger charge is -2.15. The fraction of sp³-hybridized carbons (Fsp3) is 0.562. The van der Waals surface area contributed by atoms with Crippen molar-refractivity contribution in [2.45, 2.75) is 18.9 Å². The highest BCUT2D eigenvalue weighted by Crippen LogP contribution is 2.39. The van der Waals surface area contributed by atoms with Gasteiger partial charge < -0.3 is 29.6 Å². The molecule has 0 saturated carbocycles. The molecule has 2 N–H and O–H groups in total. The molecule has 7 heteroatoms. The first-order valence-electron chi connectivity index (χ1n) is 7.60. The Labute approximate surface area is 136 Å². The first-order chi connectivity index (χ1) is 11.2. The second-order valence-corrected chi connectivity index (χ2v) is 5.21. The molecule has 1 aromatic carbocycles. The Hall–Kier alpha value is -2.15. The van der Waals surface area contributed by atoms with Crippen molar-refractivity contribution < 1.29 is 23.7 Å². The number of ether oxygens (including phenoxy) is 4. The average molecular weight is 324 g/mol. The zero-order valence-electron chi connectivity index (χ0n) is 13.8. The molecule has 1 atom stereocenters. The summed E-state index contributed by atoms with van der Waals surface area (Å²) in [5.74, 6) is 1.50. The first-order valence-corrected chi connectivity index (χ1v) is 7.60. The van der Waals surface area contributed by atoms with E-state index in [1.54, 1.807) is 33.5 Å². The van der Waals surface area contributed by atoms with E-state index >= 15 is 0 Å². The van der Waals surface area contributed by atoms with Crippen molar-refractivity contribution in [1.82, 2.24) is 5.32 Å². The van der Waals surface area contributed by atoms with Crippen molar-refractivity contribution in [3.8, 4) is 17.2 Å². The van der Waals surface area contributed by atoms with E-state index in [0.29, 0.717) is 29.5 Å². The highest BCUT2D eigenvalue weighted by molar-refractivity contribution is 5.81. The van der Waals surface area contributed by atoms with Crippen LogP contribution in [0.1, 0.15) is 12.8 Å². The Morgan fingerprint density at radius 2 is 1.91 bits per heavy atom. The summed E-state index contributed by atoms with van der Waals surface area (Å²) in [6, 6.07) is 3.52. The summed E-state index contributed by atoms with van der Waals surface area (Å²) in [7, 11) is 4.65. The minimum absolute atomic E-state index is 0.0887. The Morgan fingerprint density at radius 3 is 2.43 bits per heavy atom. The Bertz CT molecular complexity index is 504. The van der Waals surface area contributed by atoms with E-state index in [2.05, 4.69) is 10.6 Å². The van der Waals surface area contributed by atoms with Gasteiger partial charge >= 0.3 is 0 Å². The number of methoxy groups -OCH3 is 3. The highest BCUT2D eigenvalue weighted by Gasteiger charge is 2.16. The maximum atomic E-state index is 11.9. The van der Waals surface area contributed by atoms with Crippen molar-refractivity contribution in [2.75, 3.05) is 46.3 Å². The van der Waals surface area contributed by atoms with Gasteiger partial charge in [0.25, 0.3) is 0 Å². The lowest BCUT2D eigenvalue weighted by Crippen LogP contribution is -2.35. The fourth-order valence-electron chi connectivity index (χ4n) is 2.46. The van der Waals surface area contributed by atoms with E-state index in [0.717, 1.165) is 19.4 Å². The van der Waals surface area contributed by atoms with Crippen LogP contribution in [0, 0.1) is 0 Å². The Morgan fingerprint density at radius 1 is 1.22 bits per heavy atom. The number of hydrogen-bond donors (Lipinski definition) is 2. The lowest BCUT2D eigenvalue weighted by atomic mass is 10.2. The van der Waals surface area contributed by atoms with Crippen molar-refractivity contribution in [3.63, 3.8) is 0 Å². The second kappa shape index (κ2) is 8.47. The van der Waals surface area contributed by atoms with Crippen molar-refractivity contribution in [2.24, 2.45) is 0 Å². The molecule has 2 rings (SSSR count). The van der Waals surface area contributed by atoms with E-state index in [1.165, 1.54) is 0 Å². The zero-order valence-corrected chi connectivity index (χ0v) is 13.8. The number of carbonyl (C=O) groups excluding carboxylic acids is 1. The van der Waals surface area contributed by atoms with Gasteiger partial charge in [0.2, 0.25) is 11.7 Å². The summed E-state index contributed by atoms with van der Waals surface area (Å²) in [4.78, 5) is 11.9. The number of benzene rings is 1. The number of rotatable bonds is 8. The van der Waals surface area contributed by atoms with Gasteiger partial charge in [0, 0.05) is 31.0 Å². The molecule has 1 aromatic rings. The number of nitrogens with one attached hydrogen (secondary N) is 2. The quantitative estimate of drug-likeness (QED) is 0.753.